The summed E-state index contributed by atoms with van der Waals surface area (Å²) in [5.41, 5.74) is -0.377. The van der Waals surface area contributed by atoms with E-state index >= 15 is 0 Å². The fraction of sp³-hybridized carbons (Fsp3) is 0.400. The van der Waals surface area contributed by atoms with Crippen LogP contribution < -0.4 is 5.32 Å². The van der Waals surface area contributed by atoms with Gasteiger partial charge in [0.15, 0.2) is 17.6 Å². The Morgan fingerprint density at radius 3 is 1.92 bits per heavy atom. The SMILES string of the molecule is COC(=O)N[C@@H](Cc1cc(F)c(F)cc1F)C(C(=O)OC)C(=O)OC. The van der Waals surface area contributed by atoms with Crippen molar-refractivity contribution >= 4 is 18.0 Å². The van der Waals surface area contributed by atoms with Crippen LogP contribution in [-0.4, -0.2) is 45.4 Å². The monoisotopic (exact) mass is 363 g/mol. The van der Waals surface area contributed by atoms with Gasteiger partial charge in [-0.25, -0.2) is 18.0 Å². The molecule has 1 atom stereocenters. The number of esters is 2. The van der Waals surface area contributed by atoms with Crippen molar-refractivity contribution in [3.05, 3.63) is 35.1 Å². The Morgan fingerprint density at radius 2 is 1.44 bits per heavy atom. The molecule has 7 nitrogen and oxygen atoms in total. The molecule has 25 heavy (non-hydrogen) atoms. The molecule has 1 amide bonds. The predicted molar refractivity (Wildman–Crippen MR) is 76.9 cm³/mol. The molecule has 10 heteroatoms. The maximum Gasteiger partial charge on any atom is 0.407 e. The summed E-state index contributed by atoms with van der Waals surface area (Å²) in [6.45, 7) is 0. The summed E-state index contributed by atoms with van der Waals surface area (Å²) in [5.74, 6) is -7.68. The highest BCUT2D eigenvalue weighted by molar-refractivity contribution is 5.96. The van der Waals surface area contributed by atoms with Crippen LogP contribution in [0.5, 0.6) is 0 Å². The lowest BCUT2D eigenvalue weighted by atomic mass is 9.93. The lowest BCUT2D eigenvalue weighted by molar-refractivity contribution is -0.160. The lowest BCUT2D eigenvalue weighted by Crippen LogP contribution is -2.49. The van der Waals surface area contributed by atoms with Crippen LogP contribution in [0.3, 0.4) is 0 Å². The van der Waals surface area contributed by atoms with Gasteiger partial charge in [-0.3, -0.25) is 9.59 Å². The van der Waals surface area contributed by atoms with Gasteiger partial charge >= 0.3 is 18.0 Å². The van der Waals surface area contributed by atoms with Gasteiger partial charge in [-0.2, -0.15) is 0 Å². The predicted octanol–water partition coefficient (Wildman–Crippen LogP) is 1.33. The molecular formula is C15H16F3NO6. The Labute approximate surface area is 141 Å². The maximum absolute atomic E-state index is 13.9. The first kappa shape index (κ1) is 20.3. The Kier molecular flexibility index (Phi) is 7.22. The normalized spacial score (nSPS) is 11.6. The third-order valence-corrected chi connectivity index (χ3v) is 3.33. The number of amides is 1. The average Bonchev–Trinajstić information content (AvgIpc) is 2.58. The summed E-state index contributed by atoms with van der Waals surface area (Å²) in [5, 5.41) is 2.16. The number of benzene rings is 1. The second-order valence-corrected chi connectivity index (χ2v) is 4.83. The van der Waals surface area contributed by atoms with Crippen LogP contribution in [0, 0.1) is 23.4 Å². The van der Waals surface area contributed by atoms with Crippen molar-refractivity contribution in [1.29, 1.82) is 0 Å². The first-order valence-corrected chi connectivity index (χ1v) is 6.88. The van der Waals surface area contributed by atoms with E-state index in [9.17, 15) is 27.6 Å². The van der Waals surface area contributed by atoms with Gasteiger partial charge in [-0.1, -0.05) is 0 Å². The number of hydrogen-bond acceptors (Lipinski definition) is 6. The zero-order chi connectivity index (χ0) is 19.1. The van der Waals surface area contributed by atoms with Gasteiger partial charge in [-0.15, -0.1) is 0 Å². The van der Waals surface area contributed by atoms with Gasteiger partial charge in [0, 0.05) is 6.07 Å². The van der Waals surface area contributed by atoms with Crippen LogP contribution in [0.4, 0.5) is 18.0 Å². The van der Waals surface area contributed by atoms with Crippen molar-refractivity contribution in [3.63, 3.8) is 0 Å². The number of carbonyl (C=O) groups is 3. The maximum atomic E-state index is 13.9. The minimum Gasteiger partial charge on any atom is -0.468 e. The first-order chi connectivity index (χ1) is 11.7. The van der Waals surface area contributed by atoms with Crippen molar-refractivity contribution < 1.29 is 41.8 Å². The van der Waals surface area contributed by atoms with Crippen LogP contribution in [0.2, 0.25) is 0 Å². The van der Waals surface area contributed by atoms with E-state index in [2.05, 4.69) is 19.5 Å². The van der Waals surface area contributed by atoms with E-state index in [-0.39, 0.29) is 5.56 Å². The molecule has 1 rings (SSSR count). The molecule has 0 heterocycles. The third-order valence-electron chi connectivity index (χ3n) is 3.33. The van der Waals surface area contributed by atoms with E-state index < -0.39 is 53.9 Å². The van der Waals surface area contributed by atoms with Gasteiger partial charge in [-0.05, 0) is 18.1 Å². The van der Waals surface area contributed by atoms with E-state index in [1.807, 2.05) is 0 Å². The standard InChI is InChI=1S/C15H16F3NO6/c1-23-13(20)12(14(21)24-2)11(19-15(22)25-3)5-7-4-9(17)10(18)6-8(7)16/h4,6,11-12H,5H2,1-3H3,(H,19,22)/t11-/m0/s1. The van der Waals surface area contributed by atoms with Crippen LogP contribution in [0.25, 0.3) is 0 Å². The van der Waals surface area contributed by atoms with E-state index in [4.69, 9.17) is 0 Å². The van der Waals surface area contributed by atoms with Crippen molar-refractivity contribution in [1.82, 2.24) is 5.32 Å². The Morgan fingerprint density at radius 1 is 0.920 bits per heavy atom. The quantitative estimate of drug-likeness (QED) is 0.355. The van der Waals surface area contributed by atoms with Crippen LogP contribution in [0.1, 0.15) is 5.56 Å². The summed E-state index contributed by atoms with van der Waals surface area (Å²) in [6.07, 6.45) is -1.57. The number of methoxy groups -OCH3 is 3. The second-order valence-electron chi connectivity index (χ2n) is 4.83. The molecular weight excluding hydrogens is 347 g/mol. The smallest absolute Gasteiger partial charge is 0.407 e. The molecule has 0 spiro atoms. The zero-order valence-corrected chi connectivity index (χ0v) is 13.6. The second kappa shape index (κ2) is 8.90. The molecule has 0 saturated heterocycles. The molecule has 0 unspecified atom stereocenters. The molecule has 0 aliphatic heterocycles. The van der Waals surface area contributed by atoms with Crippen LogP contribution in [0.15, 0.2) is 12.1 Å². The summed E-state index contributed by atoms with van der Waals surface area (Å²) in [4.78, 5) is 35.2. The number of ether oxygens (including phenoxy) is 3. The van der Waals surface area contributed by atoms with Crippen LogP contribution >= 0.6 is 0 Å². The number of halogens is 3. The van der Waals surface area contributed by atoms with Gasteiger partial charge in [0.25, 0.3) is 0 Å². The van der Waals surface area contributed by atoms with Crippen molar-refractivity contribution in [2.75, 3.05) is 21.3 Å². The van der Waals surface area contributed by atoms with E-state index in [1.165, 1.54) is 0 Å². The van der Waals surface area contributed by atoms with Gasteiger partial charge in [0.05, 0.1) is 27.4 Å². The summed E-state index contributed by atoms with van der Waals surface area (Å²) >= 11 is 0. The molecule has 1 aromatic carbocycles. The van der Waals surface area contributed by atoms with Gasteiger partial charge in [0.2, 0.25) is 0 Å². The minimum absolute atomic E-state index is 0.311. The summed E-state index contributed by atoms with van der Waals surface area (Å²) in [7, 11) is 3.01. The highest BCUT2D eigenvalue weighted by Gasteiger charge is 2.38. The Bertz CT molecular complexity index is 651. The average molecular weight is 363 g/mol. The molecule has 0 aliphatic carbocycles. The number of rotatable bonds is 6. The fourth-order valence-corrected chi connectivity index (χ4v) is 2.10. The summed E-state index contributed by atoms with van der Waals surface area (Å²) in [6, 6.07) is -0.528. The molecule has 0 fully saturated rings. The number of hydrogen-bond donors (Lipinski definition) is 1. The number of alkyl carbamates (subject to hydrolysis) is 1. The minimum atomic E-state index is -1.68. The molecule has 1 N–H and O–H groups in total. The molecule has 0 aromatic heterocycles. The third kappa shape index (κ3) is 5.10. The molecule has 0 saturated carbocycles. The van der Waals surface area contributed by atoms with Crippen molar-refractivity contribution in [3.8, 4) is 0 Å². The Hall–Kier alpha value is -2.78. The molecule has 0 bridgehead atoms. The van der Waals surface area contributed by atoms with E-state index in [0.717, 1.165) is 21.3 Å². The lowest BCUT2D eigenvalue weighted by Gasteiger charge is -2.24. The molecule has 1 aromatic rings. The van der Waals surface area contributed by atoms with Gasteiger partial charge in [0.1, 0.15) is 5.82 Å². The highest BCUT2D eigenvalue weighted by Crippen LogP contribution is 2.19. The van der Waals surface area contributed by atoms with E-state index in [0.29, 0.717) is 12.1 Å². The van der Waals surface area contributed by atoms with Crippen molar-refractivity contribution in [2.24, 2.45) is 5.92 Å². The van der Waals surface area contributed by atoms with E-state index in [1.54, 1.807) is 0 Å². The number of nitrogens with one attached hydrogen (secondary N) is 1. The molecule has 138 valence electrons. The summed E-state index contributed by atoms with van der Waals surface area (Å²) < 4.78 is 53.6. The molecule has 0 aliphatic rings. The molecule has 0 radical (unpaired) electrons. The van der Waals surface area contributed by atoms with Crippen molar-refractivity contribution in [2.45, 2.75) is 12.5 Å². The van der Waals surface area contributed by atoms with Crippen LogP contribution in [-0.2, 0) is 30.2 Å². The van der Waals surface area contributed by atoms with Gasteiger partial charge < -0.3 is 19.5 Å². The Balaban J connectivity index is 3.27. The topological polar surface area (TPSA) is 90.9 Å². The number of carbonyl (C=O) groups excluding carboxylic acids is 3. The highest BCUT2D eigenvalue weighted by atomic mass is 19.2. The first-order valence-electron chi connectivity index (χ1n) is 6.88. The largest absolute Gasteiger partial charge is 0.468 e. The fourth-order valence-electron chi connectivity index (χ4n) is 2.10. The zero-order valence-electron chi connectivity index (χ0n) is 13.6.